The second-order valence-electron chi connectivity index (χ2n) is 31.9. The number of esters is 4. The molecule has 624 valence electrons. The molecule has 105 heavy (non-hydrogen) atoms. The zero-order valence-corrected chi connectivity index (χ0v) is 70.8. The van der Waals surface area contributed by atoms with E-state index in [2.05, 4.69) is 41.5 Å². The first kappa shape index (κ1) is 103. The van der Waals surface area contributed by atoms with Gasteiger partial charge in [-0.25, -0.2) is 9.13 Å². The van der Waals surface area contributed by atoms with Gasteiger partial charge in [-0.05, 0) is 37.5 Å². The van der Waals surface area contributed by atoms with Crippen molar-refractivity contribution in [3.05, 3.63) is 0 Å². The largest absolute Gasteiger partial charge is 0.472 e. The summed E-state index contributed by atoms with van der Waals surface area (Å²) in [4.78, 5) is 73.2. The van der Waals surface area contributed by atoms with Crippen molar-refractivity contribution in [2.24, 2.45) is 11.8 Å². The summed E-state index contributed by atoms with van der Waals surface area (Å²) >= 11 is 0. The maximum absolute atomic E-state index is 13.1. The molecule has 17 nitrogen and oxygen atoms in total. The molecular weight excluding hydrogens is 1370 g/mol. The fourth-order valence-electron chi connectivity index (χ4n) is 13.4. The van der Waals surface area contributed by atoms with E-state index in [1.807, 2.05) is 0 Å². The Bertz CT molecular complexity index is 2010. The van der Waals surface area contributed by atoms with E-state index in [1.54, 1.807) is 0 Å². The van der Waals surface area contributed by atoms with Gasteiger partial charge in [0.25, 0.3) is 0 Å². The highest BCUT2D eigenvalue weighted by molar-refractivity contribution is 7.47. The molecule has 0 radical (unpaired) electrons. The van der Waals surface area contributed by atoms with E-state index >= 15 is 0 Å². The predicted octanol–water partition coefficient (Wildman–Crippen LogP) is 26.2. The van der Waals surface area contributed by atoms with Gasteiger partial charge in [-0.3, -0.25) is 37.3 Å². The second-order valence-corrected chi connectivity index (χ2v) is 34.8. The molecule has 3 N–H and O–H groups in total. The van der Waals surface area contributed by atoms with Crippen molar-refractivity contribution in [1.29, 1.82) is 0 Å². The van der Waals surface area contributed by atoms with Crippen LogP contribution >= 0.6 is 15.6 Å². The molecule has 2 unspecified atom stereocenters. The van der Waals surface area contributed by atoms with Crippen LogP contribution in [0.4, 0.5) is 0 Å². The molecule has 0 aliphatic carbocycles. The van der Waals surface area contributed by atoms with Crippen molar-refractivity contribution < 1.29 is 80.2 Å². The molecule has 0 bridgehead atoms. The number of carbonyl (C=O) groups is 4. The lowest BCUT2D eigenvalue weighted by Gasteiger charge is -2.21. The Hall–Kier alpha value is -1.94. The number of aliphatic hydroxyl groups is 1. The van der Waals surface area contributed by atoms with Crippen LogP contribution in [0.1, 0.15) is 459 Å². The number of hydrogen-bond acceptors (Lipinski definition) is 15. The van der Waals surface area contributed by atoms with E-state index < -0.39 is 97.5 Å². The number of phosphoric acid groups is 2. The van der Waals surface area contributed by atoms with Crippen molar-refractivity contribution in [2.75, 3.05) is 39.6 Å². The molecule has 0 fully saturated rings. The molecule has 0 aromatic carbocycles. The fraction of sp³-hybridized carbons (Fsp3) is 0.953. The zero-order valence-electron chi connectivity index (χ0n) is 69.0. The van der Waals surface area contributed by atoms with Crippen LogP contribution < -0.4 is 0 Å². The molecular formula is C86H168O17P2. The average Bonchev–Trinajstić information content (AvgIpc) is 0.909. The van der Waals surface area contributed by atoms with Gasteiger partial charge in [0, 0.05) is 25.7 Å². The van der Waals surface area contributed by atoms with E-state index in [9.17, 15) is 43.2 Å². The average molecular weight is 1540 g/mol. The monoisotopic (exact) mass is 1540 g/mol. The van der Waals surface area contributed by atoms with Crippen LogP contribution in [0.15, 0.2) is 0 Å². The van der Waals surface area contributed by atoms with Crippen molar-refractivity contribution in [2.45, 2.75) is 477 Å². The molecule has 0 saturated heterocycles. The fourth-order valence-corrected chi connectivity index (χ4v) is 15.0. The highest BCUT2D eigenvalue weighted by atomic mass is 31.2. The quantitative estimate of drug-likeness (QED) is 0.0222. The molecule has 19 heteroatoms. The molecule has 0 aromatic heterocycles. The van der Waals surface area contributed by atoms with Gasteiger partial charge in [-0.1, -0.05) is 408 Å². The summed E-state index contributed by atoms with van der Waals surface area (Å²) in [6.07, 6.45) is 69.4. The lowest BCUT2D eigenvalue weighted by molar-refractivity contribution is -0.161. The molecule has 0 aromatic rings. The van der Waals surface area contributed by atoms with Crippen molar-refractivity contribution in [1.82, 2.24) is 0 Å². The van der Waals surface area contributed by atoms with E-state index in [0.717, 1.165) is 102 Å². The van der Waals surface area contributed by atoms with Crippen LogP contribution in [-0.4, -0.2) is 96.7 Å². The van der Waals surface area contributed by atoms with Crippen LogP contribution in [-0.2, 0) is 65.4 Å². The molecule has 0 aliphatic heterocycles. The topological polar surface area (TPSA) is 237 Å². The van der Waals surface area contributed by atoms with Crippen molar-refractivity contribution in [3.63, 3.8) is 0 Å². The van der Waals surface area contributed by atoms with Crippen LogP contribution in [0.25, 0.3) is 0 Å². The Morgan fingerprint density at radius 1 is 0.257 bits per heavy atom. The van der Waals surface area contributed by atoms with Crippen LogP contribution in [0.5, 0.6) is 0 Å². The molecule has 0 saturated carbocycles. The summed E-state index contributed by atoms with van der Waals surface area (Å²) in [5.41, 5.74) is 0. The molecule has 0 amide bonds. The molecule has 0 aliphatic rings. The normalized spacial score (nSPS) is 13.8. The van der Waals surface area contributed by atoms with Gasteiger partial charge >= 0.3 is 39.5 Å². The number of aliphatic hydroxyl groups excluding tert-OH is 1. The van der Waals surface area contributed by atoms with E-state index in [1.165, 1.54) is 276 Å². The van der Waals surface area contributed by atoms with Gasteiger partial charge in [0.05, 0.1) is 26.4 Å². The van der Waals surface area contributed by atoms with Gasteiger partial charge in [0.15, 0.2) is 12.2 Å². The summed E-state index contributed by atoms with van der Waals surface area (Å²) in [5.74, 6) is -0.537. The van der Waals surface area contributed by atoms with Gasteiger partial charge in [0.1, 0.15) is 19.3 Å². The van der Waals surface area contributed by atoms with Crippen molar-refractivity contribution >= 4 is 39.5 Å². The lowest BCUT2D eigenvalue weighted by atomic mass is 10.0. The molecule has 5 atom stereocenters. The third kappa shape index (κ3) is 79.9. The maximum atomic E-state index is 13.1. The molecule has 0 rings (SSSR count). The van der Waals surface area contributed by atoms with Gasteiger partial charge in [0.2, 0.25) is 0 Å². The Morgan fingerprint density at radius 2 is 0.438 bits per heavy atom. The van der Waals surface area contributed by atoms with Gasteiger partial charge in [-0.15, -0.1) is 0 Å². The minimum atomic E-state index is -4.97. The standard InChI is InChI=1S/C86H168O17P2/c1-7-9-11-13-15-17-19-21-22-23-24-25-26-27-28-29-34-40-46-52-58-64-70-85(90)102-81(75-97-84(89)69-63-57-51-45-39-33-31-30-32-36-42-48-54-60-66-78(3)4)76-100-104(92,93)98-72-80(87)73-99-105(94,95)101-77-82(74-96-83(88)68-62-56-50-44-38-20-18-16-14-12-10-8-2)103-86(91)71-65-59-53-47-41-35-37-43-49-55-61-67-79(5)6/h78-82,87H,7-77H2,1-6H3,(H,92,93)(H,94,95)/t80-,81-,82-/m1/s1. The minimum Gasteiger partial charge on any atom is -0.462 e. The zero-order chi connectivity index (χ0) is 77.1. The first-order chi connectivity index (χ1) is 50.9. The smallest absolute Gasteiger partial charge is 0.462 e. The van der Waals surface area contributed by atoms with Crippen LogP contribution in [0, 0.1) is 11.8 Å². The summed E-state index contributed by atoms with van der Waals surface area (Å²) in [6, 6.07) is 0. The number of phosphoric ester groups is 2. The van der Waals surface area contributed by atoms with Crippen LogP contribution in [0.3, 0.4) is 0 Å². The predicted molar refractivity (Wildman–Crippen MR) is 432 cm³/mol. The number of hydrogen-bond donors (Lipinski definition) is 3. The molecule has 0 spiro atoms. The Kier molecular flexibility index (Phi) is 76.0. The molecule has 0 heterocycles. The third-order valence-electron chi connectivity index (χ3n) is 20.2. The third-order valence-corrected chi connectivity index (χ3v) is 22.1. The van der Waals surface area contributed by atoms with E-state index in [0.29, 0.717) is 25.7 Å². The summed E-state index contributed by atoms with van der Waals surface area (Å²) < 4.78 is 68.9. The maximum Gasteiger partial charge on any atom is 0.472 e. The Balaban J connectivity index is 5.23. The number of rotatable bonds is 85. The lowest BCUT2D eigenvalue weighted by Crippen LogP contribution is -2.30. The SMILES string of the molecule is CCCCCCCCCCCCCCCCCCCCCCCCC(=O)O[C@H](COC(=O)CCCCCCCCCCCCCCCCC(C)C)COP(=O)(O)OC[C@@H](O)COP(=O)(O)OC[C@@H](COC(=O)CCCCCCCCCCCCCC)OC(=O)CCCCCCCCCCCCCC(C)C. The number of ether oxygens (including phenoxy) is 4. The van der Waals surface area contributed by atoms with Crippen LogP contribution in [0.2, 0.25) is 0 Å². The highest BCUT2D eigenvalue weighted by Crippen LogP contribution is 2.45. The summed E-state index contributed by atoms with van der Waals surface area (Å²) in [5, 5.41) is 10.7. The first-order valence-corrected chi connectivity index (χ1v) is 47.5. The first-order valence-electron chi connectivity index (χ1n) is 44.5. The Morgan fingerprint density at radius 3 is 0.648 bits per heavy atom. The van der Waals surface area contributed by atoms with E-state index in [4.69, 9.17) is 37.0 Å². The summed E-state index contributed by atoms with van der Waals surface area (Å²) in [7, 11) is -9.93. The van der Waals surface area contributed by atoms with Gasteiger partial charge < -0.3 is 33.8 Å². The second kappa shape index (κ2) is 77.4. The highest BCUT2D eigenvalue weighted by Gasteiger charge is 2.30. The Labute approximate surface area is 645 Å². The van der Waals surface area contributed by atoms with E-state index in [-0.39, 0.29) is 25.7 Å². The number of unbranched alkanes of at least 4 members (excludes halogenated alkanes) is 55. The number of carbonyl (C=O) groups excluding carboxylic acids is 4. The van der Waals surface area contributed by atoms with Crippen molar-refractivity contribution in [3.8, 4) is 0 Å². The summed E-state index contributed by atoms with van der Waals surface area (Å²) in [6.45, 7) is 9.69. The van der Waals surface area contributed by atoms with Gasteiger partial charge in [-0.2, -0.15) is 0 Å². The minimum absolute atomic E-state index is 0.107.